The van der Waals surface area contributed by atoms with Gasteiger partial charge in [0.05, 0.1) is 6.20 Å². The lowest BCUT2D eigenvalue weighted by molar-refractivity contribution is 0.561. The minimum absolute atomic E-state index is 0.173. The van der Waals surface area contributed by atoms with Crippen molar-refractivity contribution in [3.8, 4) is 0 Å². The van der Waals surface area contributed by atoms with E-state index in [-0.39, 0.29) is 10.9 Å². The van der Waals surface area contributed by atoms with Crippen LogP contribution in [0.1, 0.15) is 6.42 Å². The van der Waals surface area contributed by atoms with Gasteiger partial charge in [0.15, 0.2) is 5.65 Å². The van der Waals surface area contributed by atoms with Crippen molar-refractivity contribution in [2.24, 2.45) is 7.05 Å². The summed E-state index contributed by atoms with van der Waals surface area (Å²) in [4.78, 5) is 2.21. The van der Waals surface area contributed by atoms with Gasteiger partial charge in [-0.3, -0.25) is 4.68 Å². The normalized spacial score (nSPS) is 18.5. The third-order valence-corrected chi connectivity index (χ3v) is 5.45. The van der Waals surface area contributed by atoms with Crippen LogP contribution in [0.2, 0.25) is 0 Å². The van der Waals surface area contributed by atoms with Crippen molar-refractivity contribution in [3.05, 3.63) is 30.9 Å². The van der Waals surface area contributed by atoms with E-state index < -0.39 is 10.0 Å². The number of sulfonamides is 1. The summed E-state index contributed by atoms with van der Waals surface area (Å²) in [6.07, 6.45) is 5.08. The van der Waals surface area contributed by atoms with E-state index in [2.05, 4.69) is 25.1 Å². The third-order valence-electron chi connectivity index (χ3n) is 3.97. The summed E-state index contributed by atoms with van der Waals surface area (Å²) < 4.78 is 30.5. The summed E-state index contributed by atoms with van der Waals surface area (Å²) in [6.45, 7) is 1.28. The van der Waals surface area contributed by atoms with Crippen molar-refractivity contribution in [1.82, 2.24) is 34.3 Å². The number of hydrogen-bond acceptors (Lipinski definition) is 7. The number of fused-ring (bicyclic) bond motifs is 1. The molecule has 10 nitrogen and oxygen atoms in total. The first-order valence-electron chi connectivity index (χ1n) is 7.44. The van der Waals surface area contributed by atoms with E-state index in [0.717, 1.165) is 12.4 Å². The standard InChI is InChI=1S/C13H16N8O2S/c1-19-8-11(6-15-19)24(22,23)18-10-4-5-20(7-10)13-3-2-12-16-14-9-21(12)17-13/h2-3,6,8-10,18H,4-5,7H2,1H3/t10-/m0/s1. The van der Waals surface area contributed by atoms with Crippen molar-refractivity contribution in [3.63, 3.8) is 0 Å². The van der Waals surface area contributed by atoms with Crippen LogP contribution in [0.15, 0.2) is 35.7 Å². The van der Waals surface area contributed by atoms with Crippen molar-refractivity contribution in [1.29, 1.82) is 0 Å². The summed E-state index contributed by atoms with van der Waals surface area (Å²) in [5.41, 5.74) is 0.673. The lowest BCUT2D eigenvalue weighted by Gasteiger charge is -2.17. The first-order chi connectivity index (χ1) is 11.5. The van der Waals surface area contributed by atoms with Crippen LogP contribution in [0.3, 0.4) is 0 Å². The summed E-state index contributed by atoms with van der Waals surface area (Å²) >= 11 is 0. The third kappa shape index (κ3) is 2.71. The Labute approximate surface area is 138 Å². The average molecular weight is 348 g/mol. The Kier molecular flexibility index (Phi) is 3.46. The number of nitrogens with zero attached hydrogens (tertiary/aromatic N) is 7. The van der Waals surface area contributed by atoms with Crippen LogP contribution < -0.4 is 9.62 Å². The molecule has 0 aromatic carbocycles. The zero-order valence-corrected chi connectivity index (χ0v) is 13.8. The van der Waals surface area contributed by atoms with Crippen LogP contribution in [0, 0.1) is 0 Å². The quantitative estimate of drug-likeness (QED) is 0.671. The number of anilines is 1. The van der Waals surface area contributed by atoms with E-state index in [9.17, 15) is 8.42 Å². The minimum Gasteiger partial charge on any atom is -0.354 e. The molecule has 1 aliphatic heterocycles. The Morgan fingerprint density at radius 1 is 1.33 bits per heavy atom. The molecule has 0 radical (unpaired) electrons. The molecule has 0 saturated carbocycles. The van der Waals surface area contributed by atoms with E-state index in [1.807, 2.05) is 17.0 Å². The van der Waals surface area contributed by atoms with E-state index in [4.69, 9.17) is 0 Å². The Hall–Kier alpha value is -2.53. The minimum atomic E-state index is -3.56. The molecule has 3 aromatic heterocycles. The smallest absolute Gasteiger partial charge is 0.244 e. The monoisotopic (exact) mass is 348 g/mol. The molecular weight excluding hydrogens is 332 g/mol. The summed E-state index contributed by atoms with van der Waals surface area (Å²) in [7, 11) is -1.88. The highest BCUT2D eigenvalue weighted by molar-refractivity contribution is 7.89. The fourth-order valence-corrected chi connectivity index (χ4v) is 4.02. The number of rotatable bonds is 4. The van der Waals surface area contributed by atoms with Gasteiger partial charge in [0, 0.05) is 32.4 Å². The maximum absolute atomic E-state index is 12.4. The van der Waals surface area contributed by atoms with E-state index in [1.165, 1.54) is 23.4 Å². The number of nitrogens with one attached hydrogen (secondary N) is 1. The molecule has 126 valence electrons. The predicted molar refractivity (Wildman–Crippen MR) is 84.9 cm³/mol. The van der Waals surface area contributed by atoms with Gasteiger partial charge >= 0.3 is 0 Å². The van der Waals surface area contributed by atoms with Crippen molar-refractivity contribution in [2.45, 2.75) is 17.4 Å². The molecule has 1 aliphatic rings. The second-order valence-corrected chi connectivity index (χ2v) is 7.44. The molecule has 0 spiro atoms. The highest BCUT2D eigenvalue weighted by atomic mass is 32.2. The van der Waals surface area contributed by atoms with Gasteiger partial charge in [-0.15, -0.1) is 15.3 Å². The van der Waals surface area contributed by atoms with Crippen molar-refractivity contribution in [2.75, 3.05) is 18.0 Å². The highest BCUT2D eigenvalue weighted by Crippen LogP contribution is 2.19. The van der Waals surface area contributed by atoms with Gasteiger partial charge in [-0.1, -0.05) is 0 Å². The SMILES string of the molecule is Cn1cc(S(=O)(=O)N[C@H]2CCN(c3ccc4nncn4n3)C2)cn1. The van der Waals surface area contributed by atoms with Gasteiger partial charge in [-0.25, -0.2) is 13.1 Å². The number of aryl methyl sites for hydroxylation is 1. The Morgan fingerprint density at radius 2 is 2.21 bits per heavy atom. The van der Waals surface area contributed by atoms with Gasteiger partial charge in [-0.05, 0) is 18.6 Å². The molecule has 4 heterocycles. The average Bonchev–Trinajstić information content (AvgIpc) is 3.25. The second kappa shape index (κ2) is 5.53. The van der Waals surface area contributed by atoms with Crippen LogP contribution in [-0.4, -0.2) is 57.1 Å². The van der Waals surface area contributed by atoms with Gasteiger partial charge in [0.2, 0.25) is 10.0 Å². The molecule has 0 amide bonds. The Morgan fingerprint density at radius 3 is 3.00 bits per heavy atom. The van der Waals surface area contributed by atoms with Crippen molar-refractivity contribution >= 4 is 21.5 Å². The highest BCUT2D eigenvalue weighted by Gasteiger charge is 2.28. The zero-order chi connectivity index (χ0) is 16.7. The molecule has 11 heteroatoms. The molecule has 24 heavy (non-hydrogen) atoms. The molecule has 3 aromatic rings. The van der Waals surface area contributed by atoms with Gasteiger partial charge in [0.25, 0.3) is 0 Å². The largest absolute Gasteiger partial charge is 0.354 e. The van der Waals surface area contributed by atoms with Crippen LogP contribution in [0.4, 0.5) is 5.82 Å². The summed E-state index contributed by atoms with van der Waals surface area (Å²) in [5, 5.41) is 16.1. The zero-order valence-electron chi connectivity index (χ0n) is 12.9. The van der Waals surface area contributed by atoms with Crippen LogP contribution in [-0.2, 0) is 17.1 Å². The van der Waals surface area contributed by atoms with E-state index in [0.29, 0.717) is 18.6 Å². The molecule has 0 bridgehead atoms. The lowest BCUT2D eigenvalue weighted by atomic mass is 10.3. The molecule has 1 saturated heterocycles. The topological polar surface area (TPSA) is 110 Å². The molecular formula is C13H16N8O2S. The molecule has 4 rings (SSSR count). The molecule has 0 aliphatic carbocycles. The molecule has 1 N–H and O–H groups in total. The van der Waals surface area contributed by atoms with Crippen molar-refractivity contribution < 1.29 is 8.42 Å². The fraction of sp³-hybridized carbons (Fsp3) is 0.385. The Balaban J connectivity index is 1.48. The fourth-order valence-electron chi connectivity index (χ4n) is 2.78. The molecule has 1 fully saturated rings. The summed E-state index contributed by atoms with van der Waals surface area (Å²) in [6, 6.07) is 3.53. The second-order valence-electron chi connectivity index (χ2n) is 5.73. The van der Waals surface area contributed by atoms with Crippen LogP contribution >= 0.6 is 0 Å². The van der Waals surface area contributed by atoms with Crippen LogP contribution in [0.25, 0.3) is 5.65 Å². The number of aromatic nitrogens is 6. The Bertz CT molecular complexity index is 979. The maximum Gasteiger partial charge on any atom is 0.244 e. The molecule has 1 atom stereocenters. The van der Waals surface area contributed by atoms with E-state index >= 15 is 0 Å². The van der Waals surface area contributed by atoms with Crippen LogP contribution in [0.5, 0.6) is 0 Å². The van der Waals surface area contributed by atoms with E-state index in [1.54, 1.807) is 11.6 Å². The first kappa shape index (κ1) is 15.0. The maximum atomic E-state index is 12.4. The van der Waals surface area contributed by atoms with Gasteiger partial charge in [0.1, 0.15) is 17.0 Å². The van der Waals surface area contributed by atoms with Gasteiger partial charge < -0.3 is 4.90 Å². The summed E-state index contributed by atoms with van der Waals surface area (Å²) in [5.74, 6) is 0.769. The first-order valence-corrected chi connectivity index (χ1v) is 8.92. The predicted octanol–water partition coefficient (Wildman–Crippen LogP) is -0.585. The van der Waals surface area contributed by atoms with Gasteiger partial charge in [-0.2, -0.15) is 9.61 Å². The number of hydrogen-bond donors (Lipinski definition) is 1. The molecule has 0 unspecified atom stereocenters. The lowest BCUT2D eigenvalue weighted by Crippen LogP contribution is -2.37.